The first-order valence-corrected chi connectivity index (χ1v) is 10.9. The van der Waals surface area contributed by atoms with Crippen LogP contribution in [-0.4, -0.2) is 32.5 Å². The van der Waals surface area contributed by atoms with Gasteiger partial charge in [-0.1, -0.05) is 0 Å². The molecule has 33 heavy (non-hydrogen) atoms. The highest BCUT2D eigenvalue weighted by Crippen LogP contribution is 2.30. The van der Waals surface area contributed by atoms with E-state index in [1.807, 2.05) is 31.2 Å². The van der Waals surface area contributed by atoms with Crippen LogP contribution in [0.25, 0.3) is 22.3 Å². The van der Waals surface area contributed by atoms with Gasteiger partial charge in [0.15, 0.2) is 0 Å². The largest absolute Gasteiger partial charge is 0.496 e. The third-order valence-electron chi connectivity index (χ3n) is 5.81. The van der Waals surface area contributed by atoms with E-state index in [4.69, 9.17) is 9.47 Å². The van der Waals surface area contributed by atoms with Gasteiger partial charge in [-0.05, 0) is 49.7 Å². The molecule has 0 aliphatic carbocycles. The Morgan fingerprint density at radius 3 is 2.91 bits per heavy atom. The molecule has 0 saturated carbocycles. The Labute approximate surface area is 189 Å². The van der Waals surface area contributed by atoms with Crippen molar-refractivity contribution in [1.82, 2.24) is 19.3 Å². The van der Waals surface area contributed by atoms with E-state index in [1.54, 1.807) is 10.7 Å². The molecular formula is C24H24FN5O3. The molecule has 0 saturated heterocycles. The molecule has 0 bridgehead atoms. The van der Waals surface area contributed by atoms with Crippen LogP contribution in [0.15, 0.2) is 42.5 Å². The van der Waals surface area contributed by atoms with Gasteiger partial charge < -0.3 is 14.0 Å². The molecule has 4 aromatic rings. The van der Waals surface area contributed by atoms with Crippen molar-refractivity contribution in [2.75, 3.05) is 12.4 Å². The maximum absolute atomic E-state index is 13.5. The number of nitrogens with one attached hydrogen (secondary N) is 1. The Kier molecular flexibility index (Phi) is 5.45. The summed E-state index contributed by atoms with van der Waals surface area (Å²) in [6.07, 6.45) is 1.54. The van der Waals surface area contributed by atoms with Gasteiger partial charge >= 0.3 is 6.09 Å². The van der Waals surface area contributed by atoms with E-state index in [2.05, 4.69) is 20.0 Å². The van der Waals surface area contributed by atoms with E-state index in [9.17, 15) is 9.18 Å². The predicted octanol–water partition coefficient (Wildman–Crippen LogP) is 4.76. The van der Waals surface area contributed by atoms with Crippen LogP contribution in [0, 0.1) is 5.82 Å². The summed E-state index contributed by atoms with van der Waals surface area (Å²) in [4.78, 5) is 17.1. The van der Waals surface area contributed by atoms with Crippen LogP contribution in [0.4, 0.5) is 14.9 Å². The summed E-state index contributed by atoms with van der Waals surface area (Å²) < 4.78 is 28.2. The van der Waals surface area contributed by atoms with Crippen LogP contribution >= 0.6 is 0 Å². The van der Waals surface area contributed by atoms with Crippen LogP contribution in [0.2, 0.25) is 0 Å². The Bertz CT molecular complexity index is 1340. The molecule has 2 aromatic carbocycles. The predicted molar refractivity (Wildman–Crippen MR) is 122 cm³/mol. The van der Waals surface area contributed by atoms with Gasteiger partial charge in [0.2, 0.25) is 0 Å². The summed E-state index contributed by atoms with van der Waals surface area (Å²) >= 11 is 0. The summed E-state index contributed by atoms with van der Waals surface area (Å²) in [5.41, 5.74) is 4.57. The summed E-state index contributed by atoms with van der Waals surface area (Å²) in [7, 11) is 1.48. The van der Waals surface area contributed by atoms with Crippen LogP contribution < -0.4 is 10.1 Å². The average Bonchev–Trinajstić information content (AvgIpc) is 3.51. The molecule has 8 nitrogen and oxygen atoms in total. The number of aromatic nitrogens is 4. The Morgan fingerprint density at radius 1 is 1.21 bits per heavy atom. The molecule has 5 rings (SSSR count). The minimum Gasteiger partial charge on any atom is -0.496 e. The number of fused-ring (bicyclic) bond motifs is 3. The summed E-state index contributed by atoms with van der Waals surface area (Å²) in [5, 5.41) is 7.32. The summed E-state index contributed by atoms with van der Waals surface area (Å²) in [6.45, 7) is 3.56. The highest BCUT2D eigenvalue weighted by atomic mass is 19.1. The standard InChI is InChI=1S/C24H24FN5O3/c1-3-30-17(13-19(28-30)18-8-6-15(25)11-22(18)32-2)14-33-24(31)26-16-7-9-21-20(12-16)27-23-5-4-10-29(21)23/h6-9,11-13H,3-5,10,14H2,1-2H3,(H,26,31). The number of anilines is 1. The highest BCUT2D eigenvalue weighted by Gasteiger charge is 2.17. The zero-order chi connectivity index (χ0) is 22.9. The fourth-order valence-electron chi connectivity index (χ4n) is 4.24. The van der Waals surface area contributed by atoms with Gasteiger partial charge in [-0.2, -0.15) is 5.10 Å². The second-order valence-corrected chi connectivity index (χ2v) is 7.87. The third-order valence-corrected chi connectivity index (χ3v) is 5.81. The lowest BCUT2D eigenvalue weighted by atomic mass is 10.1. The highest BCUT2D eigenvalue weighted by molar-refractivity contribution is 5.89. The van der Waals surface area contributed by atoms with Crippen molar-refractivity contribution in [3.63, 3.8) is 0 Å². The number of nitrogens with zero attached hydrogens (tertiary/aromatic N) is 4. The summed E-state index contributed by atoms with van der Waals surface area (Å²) in [6, 6.07) is 11.8. The number of hydrogen-bond donors (Lipinski definition) is 1. The molecule has 0 spiro atoms. The number of hydrogen-bond acceptors (Lipinski definition) is 5. The number of methoxy groups -OCH3 is 1. The average molecular weight is 449 g/mol. The van der Waals surface area contributed by atoms with Gasteiger partial charge in [0.1, 0.15) is 24.0 Å². The molecule has 1 N–H and O–H groups in total. The first-order valence-electron chi connectivity index (χ1n) is 10.9. The SMILES string of the molecule is CCn1nc(-c2ccc(F)cc2OC)cc1COC(=O)Nc1ccc2c(c1)nc1n2CCC1. The van der Waals surface area contributed by atoms with Crippen LogP contribution in [0.3, 0.4) is 0 Å². The Morgan fingerprint density at radius 2 is 2.09 bits per heavy atom. The fourth-order valence-corrected chi connectivity index (χ4v) is 4.24. The normalized spacial score (nSPS) is 12.7. The molecule has 0 radical (unpaired) electrons. The van der Waals surface area contributed by atoms with E-state index < -0.39 is 6.09 Å². The van der Waals surface area contributed by atoms with E-state index >= 15 is 0 Å². The van der Waals surface area contributed by atoms with Crippen molar-refractivity contribution in [1.29, 1.82) is 0 Å². The Balaban J connectivity index is 1.28. The Hall–Kier alpha value is -3.88. The molecule has 1 amide bonds. The van der Waals surface area contributed by atoms with Gasteiger partial charge in [-0.15, -0.1) is 0 Å². The topological polar surface area (TPSA) is 83.2 Å². The number of aryl methyl sites for hydroxylation is 3. The number of rotatable bonds is 6. The number of imidazole rings is 1. The number of amides is 1. The monoisotopic (exact) mass is 449 g/mol. The molecule has 3 heterocycles. The van der Waals surface area contributed by atoms with Gasteiger partial charge in [0.05, 0.1) is 29.5 Å². The molecule has 1 aliphatic heterocycles. The van der Waals surface area contributed by atoms with Crippen molar-refractivity contribution in [2.24, 2.45) is 0 Å². The number of carbonyl (C=O) groups is 1. The molecular weight excluding hydrogens is 425 g/mol. The number of benzene rings is 2. The fraction of sp³-hybridized carbons (Fsp3) is 0.292. The summed E-state index contributed by atoms with van der Waals surface area (Å²) in [5.74, 6) is 1.09. The molecule has 1 aliphatic rings. The first-order chi connectivity index (χ1) is 16.1. The van der Waals surface area contributed by atoms with Gasteiger partial charge in [-0.3, -0.25) is 10.00 Å². The lowest BCUT2D eigenvalue weighted by Crippen LogP contribution is -2.15. The lowest BCUT2D eigenvalue weighted by molar-refractivity contribution is 0.151. The van der Waals surface area contributed by atoms with E-state index in [0.29, 0.717) is 29.2 Å². The zero-order valence-corrected chi connectivity index (χ0v) is 18.5. The number of halogens is 1. The van der Waals surface area contributed by atoms with E-state index in [0.717, 1.165) is 41.9 Å². The minimum atomic E-state index is -0.564. The second kappa shape index (κ2) is 8.57. The van der Waals surface area contributed by atoms with Crippen molar-refractivity contribution >= 4 is 22.8 Å². The van der Waals surface area contributed by atoms with Crippen LogP contribution in [-0.2, 0) is 30.9 Å². The second-order valence-electron chi connectivity index (χ2n) is 7.87. The molecule has 2 aromatic heterocycles. The minimum absolute atomic E-state index is 0.0389. The molecule has 0 atom stereocenters. The third kappa shape index (κ3) is 4.02. The quantitative estimate of drug-likeness (QED) is 0.459. The van der Waals surface area contributed by atoms with Crippen molar-refractivity contribution < 1.29 is 18.7 Å². The smallest absolute Gasteiger partial charge is 0.412 e. The molecule has 170 valence electrons. The van der Waals surface area contributed by atoms with Crippen molar-refractivity contribution in [3.05, 3.63) is 59.8 Å². The molecule has 0 fully saturated rings. The molecule has 0 unspecified atom stereocenters. The molecule has 9 heteroatoms. The van der Waals surface area contributed by atoms with Crippen molar-refractivity contribution in [3.8, 4) is 17.0 Å². The maximum Gasteiger partial charge on any atom is 0.412 e. The van der Waals surface area contributed by atoms with E-state index in [1.165, 1.54) is 19.2 Å². The maximum atomic E-state index is 13.5. The number of ether oxygens (including phenoxy) is 2. The van der Waals surface area contributed by atoms with Gasteiger partial charge in [0, 0.05) is 36.8 Å². The van der Waals surface area contributed by atoms with Gasteiger partial charge in [-0.25, -0.2) is 14.2 Å². The number of carbonyl (C=O) groups excluding carboxylic acids is 1. The van der Waals surface area contributed by atoms with Crippen LogP contribution in [0.5, 0.6) is 5.75 Å². The van der Waals surface area contributed by atoms with E-state index in [-0.39, 0.29) is 12.4 Å². The van der Waals surface area contributed by atoms with Crippen molar-refractivity contribution in [2.45, 2.75) is 39.5 Å². The van der Waals surface area contributed by atoms with Crippen LogP contribution in [0.1, 0.15) is 24.9 Å². The zero-order valence-electron chi connectivity index (χ0n) is 18.5. The lowest BCUT2D eigenvalue weighted by Gasteiger charge is -2.08. The first kappa shape index (κ1) is 21.0. The van der Waals surface area contributed by atoms with Gasteiger partial charge in [0.25, 0.3) is 0 Å².